The number of carbonyl (C=O) groups excluding carboxylic acids is 1. The molecule has 1 saturated heterocycles. The molecule has 0 spiro atoms. The fraction of sp³-hybridized carbons (Fsp3) is 0.455. The van der Waals surface area contributed by atoms with Crippen LogP contribution in [0.2, 0.25) is 0 Å². The van der Waals surface area contributed by atoms with Crippen molar-refractivity contribution in [2.45, 2.75) is 17.7 Å². The first-order chi connectivity index (χ1) is 8.54. The number of sulfonamides is 1. The molecule has 0 unspecified atom stereocenters. The number of hydrogen-bond acceptors (Lipinski definition) is 4. The molecule has 2 rings (SSSR count). The van der Waals surface area contributed by atoms with E-state index in [0.29, 0.717) is 12.8 Å². The second kappa shape index (κ2) is 5.11. The van der Waals surface area contributed by atoms with E-state index in [1.54, 1.807) is 0 Å². The smallest absolute Gasteiger partial charge is 0.244 e. The van der Waals surface area contributed by atoms with E-state index in [4.69, 9.17) is 0 Å². The Hall–Kier alpha value is -1.34. The molecule has 2 heterocycles. The molecule has 5 nitrogen and oxygen atoms in total. The van der Waals surface area contributed by atoms with E-state index in [1.165, 1.54) is 4.31 Å². The van der Waals surface area contributed by atoms with Gasteiger partial charge >= 0.3 is 0 Å². The molecule has 0 N–H and O–H groups in total. The average molecular weight is 272 g/mol. The van der Waals surface area contributed by atoms with Crippen molar-refractivity contribution in [1.29, 1.82) is 0 Å². The molecule has 0 atom stereocenters. The Kier molecular flexibility index (Phi) is 3.72. The topological polar surface area (TPSA) is 67.3 Å². The minimum atomic E-state index is -3.70. The fourth-order valence-electron chi connectivity index (χ4n) is 1.93. The lowest BCUT2D eigenvalue weighted by Crippen LogP contribution is -2.38. The highest BCUT2D eigenvalue weighted by molar-refractivity contribution is 7.89. The fourth-order valence-corrected chi connectivity index (χ4v) is 3.38. The Morgan fingerprint density at radius 1 is 1.33 bits per heavy atom. The number of piperidine rings is 1. The standard InChI is InChI=1S/C11H13FN2O3S/c12-10-5-11(7-13-6-10)18(16,17)14-3-1-9(8-15)2-4-14/h5-9H,1-4H2. The maximum atomic E-state index is 13.0. The zero-order valence-corrected chi connectivity index (χ0v) is 10.4. The molecule has 0 radical (unpaired) electrons. The first-order valence-corrected chi connectivity index (χ1v) is 7.04. The predicted molar refractivity (Wildman–Crippen MR) is 61.7 cm³/mol. The summed E-state index contributed by atoms with van der Waals surface area (Å²) < 4.78 is 38.6. The summed E-state index contributed by atoms with van der Waals surface area (Å²) in [4.78, 5) is 14.0. The third-order valence-corrected chi connectivity index (χ3v) is 4.87. The normalized spacial score (nSPS) is 18.7. The first kappa shape index (κ1) is 13.1. The molecule has 0 amide bonds. The van der Waals surface area contributed by atoms with Crippen LogP contribution in [-0.4, -0.2) is 37.1 Å². The Bertz CT molecular complexity index is 539. The molecule has 0 saturated carbocycles. The molecule has 0 aromatic carbocycles. The van der Waals surface area contributed by atoms with Crippen LogP contribution >= 0.6 is 0 Å². The van der Waals surface area contributed by atoms with Gasteiger partial charge in [0, 0.05) is 25.2 Å². The number of pyridine rings is 1. The highest BCUT2D eigenvalue weighted by Gasteiger charge is 2.29. The predicted octanol–water partition coefficient (Wildman–Crippen LogP) is 0.820. The van der Waals surface area contributed by atoms with Crippen LogP contribution in [0.1, 0.15) is 12.8 Å². The molecule has 1 aromatic rings. The monoisotopic (exact) mass is 272 g/mol. The van der Waals surface area contributed by atoms with E-state index in [9.17, 15) is 17.6 Å². The van der Waals surface area contributed by atoms with Crippen molar-refractivity contribution in [2.24, 2.45) is 5.92 Å². The van der Waals surface area contributed by atoms with Crippen molar-refractivity contribution in [1.82, 2.24) is 9.29 Å². The van der Waals surface area contributed by atoms with Crippen LogP contribution in [0.25, 0.3) is 0 Å². The Labute approximate surface area is 105 Å². The summed E-state index contributed by atoms with van der Waals surface area (Å²) in [7, 11) is -3.70. The van der Waals surface area contributed by atoms with E-state index < -0.39 is 15.8 Å². The van der Waals surface area contributed by atoms with E-state index in [-0.39, 0.29) is 23.9 Å². The van der Waals surface area contributed by atoms with Gasteiger partial charge in [0.25, 0.3) is 0 Å². The maximum Gasteiger partial charge on any atom is 0.244 e. The number of halogens is 1. The third kappa shape index (κ3) is 2.56. The van der Waals surface area contributed by atoms with E-state index in [2.05, 4.69) is 4.98 Å². The lowest BCUT2D eigenvalue weighted by atomic mass is 10.0. The summed E-state index contributed by atoms with van der Waals surface area (Å²) in [6.45, 7) is 0.560. The van der Waals surface area contributed by atoms with Crippen LogP contribution in [0, 0.1) is 11.7 Å². The third-order valence-electron chi connectivity index (χ3n) is 3.01. The summed E-state index contributed by atoms with van der Waals surface area (Å²) in [5.41, 5.74) is 0. The molecule has 0 bridgehead atoms. The van der Waals surface area contributed by atoms with Crippen LogP contribution in [0.4, 0.5) is 4.39 Å². The van der Waals surface area contributed by atoms with Gasteiger partial charge in [0.2, 0.25) is 10.0 Å². The van der Waals surface area contributed by atoms with Gasteiger partial charge in [-0.3, -0.25) is 4.98 Å². The molecular formula is C11H13FN2O3S. The van der Waals surface area contributed by atoms with E-state index in [0.717, 1.165) is 24.7 Å². The largest absolute Gasteiger partial charge is 0.303 e. The van der Waals surface area contributed by atoms with Crippen molar-refractivity contribution < 1.29 is 17.6 Å². The van der Waals surface area contributed by atoms with Crippen LogP contribution in [0.3, 0.4) is 0 Å². The first-order valence-electron chi connectivity index (χ1n) is 5.60. The average Bonchev–Trinajstić information content (AvgIpc) is 2.39. The zero-order chi connectivity index (χ0) is 13.2. The molecule has 98 valence electrons. The van der Waals surface area contributed by atoms with Crippen molar-refractivity contribution >= 4 is 16.3 Å². The molecule has 1 aliphatic rings. The van der Waals surface area contributed by atoms with Gasteiger partial charge < -0.3 is 4.79 Å². The number of carbonyl (C=O) groups is 1. The summed E-state index contributed by atoms with van der Waals surface area (Å²) >= 11 is 0. The molecule has 1 aliphatic heterocycles. The summed E-state index contributed by atoms with van der Waals surface area (Å²) in [5, 5.41) is 0. The minimum absolute atomic E-state index is 0.0814. The van der Waals surface area contributed by atoms with Gasteiger partial charge in [-0.25, -0.2) is 12.8 Å². The SMILES string of the molecule is O=CC1CCN(S(=O)(=O)c2cncc(F)c2)CC1. The summed E-state index contributed by atoms with van der Waals surface area (Å²) in [6.07, 6.45) is 3.95. The number of hydrogen-bond donors (Lipinski definition) is 0. The van der Waals surface area contributed by atoms with Crippen LogP contribution in [0.5, 0.6) is 0 Å². The Balaban J connectivity index is 2.20. The minimum Gasteiger partial charge on any atom is -0.303 e. The second-order valence-electron chi connectivity index (χ2n) is 4.22. The van der Waals surface area contributed by atoms with Crippen molar-refractivity contribution in [3.05, 3.63) is 24.3 Å². The quantitative estimate of drug-likeness (QED) is 0.764. The van der Waals surface area contributed by atoms with Crippen molar-refractivity contribution in [3.8, 4) is 0 Å². The van der Waals surface area contributed by atoms with Crippen LogP contribution in [-0.2, 0) is 14.8 Å². The molecule has 7 heteroatoms. The second-order valence-corrected chi connectivity index (χ2v) is 6.15. The van der Waals surface area contributed by atoms with Gasteiger partial charge in [-0.05, 0) is 18.9 Å². The van der Waals surface area contributed by atoms with Crippen LogP contribution < -0.4 is 0 Å². The molecule has 18 heavy (non-hydrogen) atoms. The highest BCUT2D eigenvalue weighted by Crippen LogP contribution is 2.22. The number of aromatic nitrogens is 1. The van der Waals surface area contributed by atoms with Gasteiger partial charge in [-0.1, -0.05) is 0 Å². The lowest BCUT2D eigenvalue weighted by Gasteiger charge is -2.28. The summed E-state index contributed by atoms with van der Waals surface area (Å²) in [6, 6.07) is 0.953. The number of aldehydes is 1. The van der Waals surface area contributed by atoms with E-state index >= 15 is 0 Å². The molecule has 1 aromatic heterocycles. The highest BCUT2D eigenvalue weighted by atomic mass is 32.2. The summed E-state index contributed by atoms with van der Waals surface area (Å²) in [5.74, 6) is -0.763. The van der Waals surface area contributed by atoms with Gasteiger partial charge in [0.15, 0.2) is 0 Å². The number of rotatable bonds is 3. The van der Waals surface area contributed by atoms with Crippen molar-refractivity contribution in [3.63, 3.8) is 0 Å². The number of nitrogens with zero attached hydrogens (tertiary/aromatic N) is 2. The zero-order valence-electron chi connectivity index (χ0n) is 9.62. The molecule has 1 fully saturated rings. The van der Waals surface area contributed by atoms with E-state index in [1.807, 2.05) is 0 Å². The van der Waals surface area contributed by atoms with Crippen molar-refractivity contribution in [2.75, 3.05) is 13.1 Å². The Morgan fingerprint density at radius 3 is 2.56 bits per heavy atom. The molecule has 0 aliphatic carbocycles. The lowest BCUT2D eigenvalue weighted by molar-refractivity contribution is -0.112. The van der Waals surface area contributed by atoms with Gasteiger partial charge in [0.05, 0.1) is 6.20 Å². The van der Waals surface area contributed by atoms with Gasteiger partial charge in [-0.15, -0.1) is 0 Å². The molecular weight excluding hydrogens is 259 g/mol. The Morgan fingerprint density at radius 2 is 2.00 bits per heavy atom. The van der Waals surface area contributed by atoms with Gasteiger partial charge in [-0.2, -0.15) is 4.31 Å². The van der Waals surface area contributed by atoms with Gasteiger partial charge in [0.1, 0.15) is 17.0 Å². The van der Waals surface area contributed by atoms with Crippen LogP contribution in [0.15, 0.2) is 23.4 Å². The maximum absolute atomic E-state index is 13.0.